The van der Waals surface area contributed by atoms with Crippen LogP contribution in [0.3, 0.4) is 0 Å². The SMILES string of the molecule is O=C(CO)Oc1ccccc1Br. The van der Waals surface area contributed by atoms with E-state index < -0.39 is 12.6 Å². The molecule has 0 saturated carbocycles. The van der Waals surface area contributed by atoms with Crippen LogP contribution in [0.15, 0.2) is 28.7 Å². The molecule has 0 aliphatic rings. The summed E-state index contributed by atoms with van der Waals surface area (Å²) in [6.07, 6.45) is 0. The minimum atomic E-state index is -0.665. The van der Waals surface area contributed by atoms with Gasteiger partial charge in [0.05, 0.1) is 4.47 Å². The van der Waals surface area contributed by atoms with Gasteiger partial charge in [-0.3, -0.25) is 0 Å². The van der Waals surface area contributed by atoms with Gasteiger partial charge in [-0.2, -0.15) is 0 Å². The predicted octanol–water partition coefficient (Wildman–Crippen LogP) is 1.35. The van der Waals surface area contributed by atoms with Crippen LogP contribution in [0.4, 0.5) is 0 Å². The van der Waals surface area contributed by atoms with Crippen molar-refractivity contribution in [2.45, 2.75) is 0 Å². The molecule has 0 heterocycles. The van der Waals surface area contributed by atoms with Crippen LogP contribution in [0.25, 0.3) is 0 Å². The standard InChI is InChI=1S/C8H7BrO3/c9-6-3-1-2-4-7(6)12-8(11)5-10/h1-4,10H,5H2. The minimum absolute atomic E-state index is 0.413. The summed E-state index contributed by atoms with van der Waals surface area (Å²) in [5.74, 6) is -0.251. The van der Waals surface area contributed by atoms with Gasteiger partial charge >= 0.3 is 5.97 Å². The highest BCUT2D eigenvalue weighted by Crippen LogP contribution is 2.23. The van der Waals surface area contributed by atoms with Gasteiger partial charge < -0.3 is 9.84 Å². The summed E-state index contributed by atoms with van der Waals surface area (Å²) < 4.78 is 5.45. The van der Waals surface area contributed by atoms with Gasteiger partial charge in [-0.1, -0.05) is 12.1 Å². The number of ether oxygens (including phenoxy) is 1. The average molecular weight is 231 g/mol. The lowest BCUT2D eigenvalue weighted by Gasteiger charge is -2.02. The van der Waals surface area contributed by atoms with Crippen LogP contribution in [-0.2, 0) is 4.79 Å². The molecule has 64 valence electrons. The summed E-state index contributed by atoms with van der Waals surface area (Å²) in [6.45, 7) is -0.610. The van der Waals surface area contributed by atoms with Crippen molar-refractivity contribution in [3.63, 3.8) is 0 Å². The summed E-state index contributed by atoms with van der Waals surface area (Å²) >= 11 is 3.20. The largest absolute Gasteiger partial charge is 0.424 e. The number of aliphatic hydroxyl groups excluding tert-OH is 1. The smallest absolute Gasteiger partial charge is 0.337 e. The molecule has 0 atom stereocenters. The van der Waals surface area contributed by atoms with Crippen LogP contribution in [0.5, 0.6) is 5.75 Å². The van der Waals surface area contributed by atoms with Crippen molar-refractivity contribution in [2.24, 2.45) is 0 Å². The molecule has 0 aliphatic heterocycles. The van der Waals surface area contributed by atoms with Crippen LogP contribution < -0.4 is 4.74 Å². The Labute approximate surface area is 78.1 Å². The molecular formula is C8H7BrO3. The first-order valence-electron chi connectivity index (χ1n) is 3.30. The van der Waals surface area contributed by atoms with Crippen molar-refractivity contribution in [3.05, 3.63) is 28.7 Å². The Hall–Kier alpha value is -0.870. The first kappa shape index (κ1) is 9.22. The molecule has 0 bridgehead atoms. The lowest BCUT2D eigenvalue weighted by Crippen LogP contribution is -2.12. The zero-order valence-electron chi connectivity index (χ0n) is 6.16. The Morgan fingerprint density at radius 1 is 1.50 bits per heavy atom. The zero-order chi connectivity index (χ0) is 8.97. The highest BCUT2D eigenvalue weighted by molar-refractivity contribution is 9.10. The molecule has 0 fully saturated rings. The molecule has 12 heavy (non-hydrogen) atoms. The Morgan fingerprint density at radius 2 is 2.17 bits per heavy atom. The molecule has 0 aromatic heterocycles. The first-order chi connectivity index (χ1) is 5.74. The topological polar surface area (TPSA) is 46.5 Å². The number of halogens is 1. The molecule has 1 rings (SSSR count). The quantitative estimate of drug-likeness (QED) is 0.617. The van der Waals surface area contributed by atoms with Gasteiger partial charge in [0, 0.05) is 0 Å². The maximum absolute atomic E-state index is 10.6. The molecular weight excluding hydrogens is 224 g/mol. The molecule has 0 amide bonds. The predicted molar refractivity (Wildman–Crippen MR) is 46.9 cm³/mol. The number of para-hydroxylation sites is 1. The normalized spacial score (nSPS) is 9.50. The number of hydrogen-bond acceptors (Lipinski definition) is 3. The summed E-state index contributed by atoms with van der Waals surface area (Å²) in [7, 11) is 0. The molecule has 0 unspecified atom stereocenters. The summed E-state index contributed by atoms with van der Waals surface area (Å²) in [5.41, 5.74) is 0. The number of benzene rings is 1. The van der Waals surface area contributed by atoms with Crippen molar-refractivity contribution >= 4 is 21.9 Å². The van der Waals surface area contributed by atoms with E-state index in [-0.39, 0.29) is 0 Å². The monoisotopic (exact) mass is 230 g/mol. The van der Waals surface area contributed by atoms with E-state index in [9.17, 15) is 4.79 Å². The average Bonchev–Trinajstić information content (AvgIpc) is 2.09. The Kier molecular flexibility index (Phi) is 3.25. The van der Waals surface area contributed by atoms with Gasteiger partial charge in [-0.15, -0.1) is 0 Å². The van der Waals surface area contributed by atoms with E-state index in [1.165, 1.54) is 0 Å². The van der Waals surface area contributed by atoms with E-state index in [0.717, 1.165) is 0 Å². The fraction of sp³-hybridized carbons (Fsp3) is 0.125. The van der Waals surface area contributed by atoms with Crippen LogP contribution in [0, 0.1) is 0 Å². The van der Waals surface area contributed by atoms with E-state index in [0.29, 0.717) is 10.2 Å². The van der Waals surface area contributed by atoms with Crippen molar-refractivity contribution in [1.82, 2.24) is 0 Å². The van der Waals surface area contributed by atoms with Crippen LogP contribution in [0.1, 0.15) is 0 Å². The Bertz CT molecular complexity index is 285. The minimum Gasteiger partial charge on any atom is -0.424 e. The second-order valence-electron chi connectivity index (χ2n) is 2.06. The molecule has 1 N–H and O–H groups in total. The highest BCUT2D eigenvalue weighted by Gasteiger charge is 2.04. The van der Waals surface area contributed by atoms with Crippen LogP contribution >= 0.6 is 15.9 Å². The number of carbonyl (C=O) groups excluding carboxylic acids is 1. The van der Waals surface area contributed by atoms with Gasteiger partial charge in [0.25, 0.3) is 0 Å². The molecule has 4 heteroatoms. The van der Waals surface area contributed by atoms with Gasteiger partial charge in [-0.25, -0.2) is 4.79 Å². The second kappa shape index (κ2) is 4.23. The van der Waals surface area contributed by atoms with Gasteiger partial charge in [0.2, 0.25) is 0 Å². The summed E-state index contributed by atoms with van der Waals surface area (Å²) in [5, 5.41) is 8.40. The summed E-state index contributed by atoms with van der Waals surface area (Å²) in [6, 6.07) is 6.93. The van der Waals surface area contributed by atoms with Crippen molar-refractivity contribution < 1.29 is 14.6 Å². The lowest BCUT2D eigenvalue weighted by molar-refractivity contribution is -0.137. The van der Waals surface area contributed by atoms with E-state index >= 15 is 0 Å². The third-order valence-electron chi connectivity index (χ3n) is 1.19. The third kappa shape index (κ3) is 2.32. The number of rotatable bonds is 2. The highest BCUT2D eigenvalue weighted by atomic mass is 79.9. The second-order valence-corrected chi connectivity index (χ2v) is 2.92. The van der Waals surface area contributed by atoms with E-state index in [2.05, 4.69) is 15.9 Å². The van der Waals surface area contributed by atoms with Gasteiger partial charge in [-0.05, 0) is 28.1 Å². The van der Waals surface area contributed by atoms with E-state index in [1.807, 2.05) is 0 Å². The van der Waals surface area contributed by atoms with Crippen LogP contribution in [0.2, 0.25) is 0 Å². The van der Waals surface area contributed by atoms with E-state index in [1.54, 1.807) is 24.3 Å². The van der Waals surface area contributed by atoms with E-state index in [4.69, 9.17) is 9.84 Å². The Morgan fingerprint density at radius 3 is 2.75 bits per heavy atom. The maximum Gasteiger partial charge on any atom is 0.337 e. The Balaban J connectivity index is 2.75. The van der Waals surface area contributed by atoms with Gasteiger partial charge in [0.1, 0.15) is 12.4 Å². The van der Waals surface area contributed by atoms with Crippen LogP contribution in [-0.4, -0.2) is 17.7 Å². The molecule has 1 aromatic carbocycles. The fourth-order valence-electron chi connectivity index (χ4n) is 0.682. The maximum atomic E-state index is 10.6. The van der Waals surface area contributed by atoms with Gasteiger partial charge in [0.15, 0.2) is 0 Å². The molecule has 0 saturated heterocycles. The number of carbonyl (C=O) groups is 1. The number of hydrogen-bond donors (Lipinski definition) is 1. The van der Waals surface area contributed by atoms with Crippen molar-refractivity contribution in [1.29, 1.82) is 0 Å². The molecule has 0 radical (unpaired) electrons. The molecule has 3 nitrogen and oxygen atoms in total. The molecule has 1 aromatic rings. The lowest BCUT2D eigenvalue weighted by atomic mass is 10.3. The van der Waals surface area contributed by atoms with Crippen molar-refractivity contribution in [3.8, 4) is 5.75 Å². The zero-order valence-corrected chi connectivity index (χ0v) is 7.74. The number of esters is 1. The number of aliphatic hydroxyl groups is 1. The van der Waals surface area contributed by atoms with Crippen molar-refractivity contribution in [2.75, 3.05) is 6.61 Å². The first-order valence-corrected chi connectivity index (χ1v) is 4.09. The third-order valence-corrected chi connectivity index (χ3v) is 1.84. The fourth-order valence-corrected chi connectivity index (χ4v) is 1.05. The molecule has 0 spiro atoms. The summed E-state index contributed by atoms with van der Waals surface area (Å²) in [4.78, 5) is 10.6. The molecule has 0 aliphatic carbocycles.